The first-order valence-electron chi connectivity index (χ1n) is 11.3. The molecule has 144 valence electrons. The molecule has 25 heavy (non-hydrogen) atoms. The van der Waals surface area contributed by atoms with Gasteiger partial charge in [-0.15, -0.1) is 0 Å². The summed E-state index contributed by atoms with van der Waals surface area (Å²) in [6.07, 6.45) is 14.1. The molecular weight excluding hydrogens is 308 g/mol. The molecule has 0 aliphatic heterocycles. The Morgan fingerprint density at radius 1 is 1.00 bits per heavy atom. The van der Waals surface area contributed by atoms with Crippen LogP contribution < -0.4 is 0 Å². The van der Waals surface area contributed by atoms with Gasteiger partial charge in [-0.05, 0) is 80.5 Å². The Hall–Kier alpha value is -0.0800. The van der Waals surface area contributed by atoms with Crippen LogP contribution in [0.1, 0.15) is 97.8 Å². The monoisotopic (exact) mass is 348 g/mol. The zero-order chi connectivity index (χ0) is 17.9. The first kappa shape index (κ1) is 18.3. The molecular formula is C23H40O2. The zero-order valence-electron chi connectivity index (χ0n) is 16.8. The van der Waals surface area contributed by atoms with Gasteiger partial charge in [0, 0.05) is 5.41 Å². The molecule has 2 heteroatoms. The lowest BCUT2D eigenvalue weighted by Gasteiger charge is -2.64. The number of aliphatic hydroxyl groups is 2. The summed E-state index contributed by atoms with van der Waals surface area (Å²) < 4.78 is 0. The van der Waals surface area contributed by atoms with Gasteiger partial charge in [-0.25, -0.2) is 0 Å². The summed E-state index contributed by atoms with van der Waals surface area (Å²) in [5.41, 5.74) is -0.228. The van der Waals surface area contributed by atoms with Crippen molar-refractivity contribution in [1.29, 1.82) is 0 Å². The van der Waals surface area contributed by atoms with E-state index in [0.29, 0.717) is 17.3 Å². The van der Waals surface area contributed by atoms with E-state index in [1.54, 1.807) is 0 Å². The Bertz CT molecular complexity index is 504. The van der Waals surface area contributed by atoms with Crippen LogP contribution in [-0.4, -0.2) is 21.9 Å². The van der Waals surface area contributed by atoms with Crippen molar-refractivity contribution in [1.82, 2.24) is 0 Å². The fourth-order valence-corrected chi connectivity index (χ4v) is 8.40. The molecule has 4 saturated carbocycles. The summed E-state index contributed by atoms with van der Waals surface area (Å²) in [7, 11) is 0. The lowest BCUT2D eigenvalue weighted by atomic mass is 9.42. The topological polar surface area (TPSA) is 40.5 Å². The molecule has 0 aromatic carbocycles. The molecule has 0 saturated heterocycles. The Labute approximate surface area is 154 Å². The van der Waals surface area contributed by atoms with Gasteiger partial charge in [0.05, 0.1) is 11.7 Å². The summed E-state index contributed by atoms with van der Waals surface area (Å²) >= 11 is 0. The molecule has 0 amide bonds. The average molecular weight is 349 g/mol. The van der Waals surface area contributed by atoms with Crippen molar-refractivity contribution in [3.63, 3.8) is 0 Å². The molecule has 4 rings (SSSR count). The highest BCUT2D eigenvalue weighted by molar-refractivity contribution is 5.15. The van der Waals surface area contributed by atoms with E-state index >= 15 is 0 Å². The van der Waals surface area contributed by atoms with Gasteiger partial charge >= 0.3 is 0 Å². The van der Waals surface area contributed by atoms with Crippen LogP contribution in [0.15, 0.2) is 0 Å². The van der Waals surface area contributed by atoms with Gasteiger partial charge in [0.15, 0.2) is 0 Å². The molecule has 0 heterocycles. The maximum atomic E-state index is 11.5. The van der Waals surface area contributed by atoms with Gasteiger partial charge in [0.2, 0.25) is 0 Å². The average Bonchev–Trinajstić information content (AvgIpc) is 2.89. The van der Waals surface area contributed by atoms with Crippen LogP contribution in [0.4, 0.5) is 0 Å². The first-order valence-corrected chi connectivity index (χ1v) is 11.3. The zero-order valence-corrected chi connectivity index (χ0v) is 16.8. The summed E-state index contributed by atoms with van der Waals surface area (Å²) in [6, 6.07) is 0. The lowest BCUT2D eigenvalue weighted by molar-refractivity contribution is -0.233. The maximum Gasteiger partial charge on any atom is 0.0704 e. The summed E-state index contributed by atoms with van der Waals surface area (Å²) in [6.45, 7) is 7.14. The minimum atomic E-state index is -0.513. The van der Waals surface area contributed by atoms with Crippen molar-refractivity contribution in [2.75, 3.05) is 0 Å². The minimum Gasteiger partial charge on any atom is -0.393 e. The van der Waals surface area contributed by atoms with Gasteiger partial charge < -0.3 is 10.2 Å². The first-order chi connectivity index (χ1) is 11.9. The number of hydrogen-bond donors (Lipinski definition) is 2. The molecule has 2 N–H and O–H groups in total. The second-order valence-corrected chi connectivity index (χ2v) is 10.7. The summed E-state index contributed by atoms with van der Waals surface area (Å²) in [5.74, 6) is 2.57. The molecule has 4 aliphatic rings. The van der Waals surface area contributed by atoms with Gasteiger partial charge in [-0.2, -0.15) is 0 Å². The van der Waals surface area contributed by atoms with E-state index in [9.17, 15) is 10.2 Å². The molecule has 0 radical (unpaired) electrons. The van der Waals surface area contributed by atoms with Gasteiger partial charge in [0.1, 0.15) is 0 Å². The van der Waals surface area contributed by atoms with Crippen LogP contribution in [0.3, 0.4) is 0 Å². The Morgan fingerprint density at radius 3 is 2.52 bits per heavy atom. The predicted octanol–water partition coefficient (Wildman–Crippen LogP) is 5.31. The minimum absolute atomic E-state index is 0.0591. The largest absolute Gasteiger partial charge is 0.393 e. The molecule has 0 bridgehead atoms. The lowest BCUT2D eigenvalue weighted by Crippen LogP contribution is -2.64. The molecule has 0 aromatic rings. The predicted molar refractivity (Wildman–Crippen MR) is 102 cm³/mol. The van der Waals surface area contributed by atoms with Gasteiger partial charge in [-0.1, -0.05) is 46.5 Å². The highest BCUT2D eigenvalue weighted by Crippen LogP contribution is 2.68. The Kier molecular flexibility index (Phi) is 4.56. The van der Waals surface area contributed by atoms with Crippen molar-refractivity contribution in [2.24, 2.45) is 34.5 Å². The molecule has 8 atom stereocenters. The standard InChI is InChI=1S/C23H40O2/c1-4-5-8-16-9-10-18-17-11-14-23(25)13-7-6-12-22(23,3)20(17)19(24)15-21(16,18)2/h16-20,24-25H,4-15H2,1-3H3/t16-,17-,18-,19-,20+,21+,22+,23-/m0/s1. The fourth-order valence-electron chi connectivity index (χ4n) is 8.40. The van der Waals surface area contributed by atoms with Crippen molar-refractivity contribution < 1.29 is 10.2 Å². The highest BCUT2D eigenvalue weighted by Gasteiger charge is 2.65. The van der Waals surface area contributed by atoms with Crippen LogP contribution in [-0.2, 0) is 0 Å². The van der Waals surface area contributed by atoms with Crippen LogP contribution >= 0.6 is 0 Å². The number of unbranched alkanes of at least 4 members (excludes halogenated alkanes) is 1. The van der Waals surface area contributed by atoms with E-state index in [-0.39, 0.29) is 11.5 Å². The quantitative estimate of drug-likeness (QED) is 0.725. The molecule has 4 aliphatic carbocycles. The van der Waals surface area contributed by atoms with E-state index in [1.807, 2.05) is 0 Å². The second-order valence-electron chi connectivity index (χ2n) is 10.7. The second kappa shape index (κ2) is 6.23. The van der Waals surface area contributed by atoms with Crippen LogP contribution in [0.2, 0.25) is 0 Å². The highest BCUT2D eigenvalue weighted by atomic mass is 16.3. The van der Waals surface area contributed by atoms with E-state index in [1.165, 1.54) is 44.9 Å². The van der Waals surface area contributed by atoms with Gasteiger partial charge in [-0.3, -0.25) is 0 Å². The molecule has 4 fully saturated rings. The Balaban J connectivity index is 1.64. The van der Waals surface area contributed by atoms with E-state index in [2.05, 4.69) is 20.8 Å². The number of rotatable bonds is 3. The van der Waals surface area contributed by atoms with E-state index < -0.39 is 5.60 Å². The van der Waals surface area contributed by atoms with E-state index in [4.69, 9.17) is 0 Å². The van der Waals surface area contributed by atoms with Crippen molar-refractivity contribution in [3.05, 3.63) is 0 Å². The number of aliphatic hydroxyl groups excluding tert-OH is 1. The third-order valence-corrected chi connectivity index (χ3v) is 9.78. The van der Waals surface area contributed by atoms with Crippen molar-refractivity contribution in [3.8, 4) is 0 Å². The van der Waals surface area contributed by atoms with Crippen molar-refractivity contribution in [2.45, 2.75) is 110 Å². The molecule has 0 aromatic heterocycles. The number of hydrogen-bond acceptors (Lipinski definition) is 2. The third kappa shape index (κ3) is 2.49. The summed E-state index contributed by atoms with van der Waals surface area (Å²) in [5, 5.41) is 22.8. The fraction of sp³-hybridized carbons (Fsp3) is 1.00. The SMILES string of the molecule is CCCC[C@H]1CC[C@H]2[C@@H]3CC[C@@]4(O)CCCC[C@]4(C)[C@H]3[C@@H](O)C[C@]12C. The number of fused-ring (bicyclic) bond motifs is 5. The maximum absolute atomic E-state index is 11.5. The van der Waals surface area contributed by atoms with Crippen LogP contribution in [0.5, 0.6) is 0 Å². The normalized spacial score (nSPS) is 55.3. The molecule has 2 nitrogen and oxygen atoms in total. The Morgan fingerprint density at radius 2 is 1.76 bits per heavy atom. The van der Waals surface area contributed by atoms with E-state index in [0.717, 1.165) is 43.9 Å². The third-order valence-electron chi connectivity index (χ3n) is 9.78. The summed E-state index contributed by atoms with van der Waals surface area (Å²) in [4.78, 5) is 0. The van der Waals surface area contributed by atoms with Crippen LogP contribution in [0, 0.1) is 34.5 Å². The van der Waals surface area contributed by atoms with Crippen molar-refractivity contribution >= 4 is 0 Å². The molecule has 0 spiro atoms. The van der Waals surface area contributed by atoms with Crippen LogP contribution in [0.25, 0.3) is 0 Å². The molecule has 0 unspecified atom stereocenters. The smallest absolute Gasteiger partial charge is 0.0704 e. The van der Waals surface area contributed by atoms with Gasteiger partial charge in [0.25, 0.3) is 0 Å².